The Bertz CT molecular complexity index is 128. The van der Waals surface area contributed by atoms with Gasteiger partial charge in [0.1, 0.15) is 6.04 Å². The van der Waals surface area contributed by atoms with Gasteiger partial charge >= 0.3 is 5.97 Å². The first-order valence-corrected chi connectivity index (χ1v) is 4.87. The molecule has 0 aliphatic heterocycles. The summed E-state index contributed by atoms with van der Waals surface area (Å²) in [4.78, 5) is 12.3. The van der Waals surface area contributed by atoms with E-state index < -0.39 is 5.97 Å². The number of hydrogen-bond acceptors (Lipinski definition) is 3. The highest BCUT2D eigenvalue weighted by molar-refractivity contribution is 7.98. The van der Waals surface area contributed by atoms with Crippen LogP contribution >= 0.6 is 11.8 Å². The van der Waals surface area contributed by atoms with E-state index in [0.717, 1.165) is 5.75 Å². The van der Waals surface area contributed by atoms with Gasteiger partial charge < -0.3 is 5.11 Å². The second-order valence-electron chi connectivity index (χ2n) is 2.60. The number of carboxylic acid groups (broad SMARTS) is 1. The van der Waals surface area contributed by atoms with Gasteiger partial charge in [-0.15, -0.1) is 0 Å². The summed E-state index contributed by atoms with van der Waals surface area (Å²) in [5.74, 6) is 0.166. The van der Waals surface area contributed by atoms with Crippen molar-refractivity contribution >= 4 is 17.7 Å². The SMILES string of the molecule is CSCCC(C(=O)O)N(C)C. The largest absolute Gasteiger partial charge is 0.480 e. The normalized spacial score (nSPS) is 13.5. The van der Waals surface area contributed by atoms with Crippen molar-refractivity contribution in [2.75, 3.05) is 26.1 Å². The number of carboxylic acids is 1. The average molecular weight is 177 g/mol. The molecule has 1 N–H and O–H groups in total. The summed E-state index contributed by atoms with van der Waals surface area (Å²) in [6, 6.07) is -0.331. The smallest absolute Gasteiger partial charge is 0.320 e. The molecule has 0 aromatic carbocycles. The zero-order valence-electron chi connectivity index (χ0n) is 7.20. The average Bonchev–Trinajstić information content (AvgIpc) is 1.87. The topological polar surface area (TPSA) is 40.5 Å². The molecule has 0 heterocycles. The van der Waals surface area contributed by atoms with Gasteiger partial charge in [0.25, 0.3) is 0 Å². The molecule has 0 aliphatic carbocycles. The van der Waals surface area contributed by atoms with Crippen LogP contribution in [0.25, 0.3) is 0 Å². The Hall–Kier alpha value is -0.220. The lowest BCUT2D eigenvalue weighted by Gasteiger charge is -2.18. The molecule has 3 nitrogen and oxygen atoms in total. The zero-order valence-corrected chi connectivity index (χ0v) is 8.02. The summed E-state index contributed by atoms with van der Waals surface area (Å²) < 4.78 is 0. The first kappa shape index (κ1) is 10.8. The van der Waals surface area contributed by atoms with Crippen molar-refractivity contribution in [3.05, 3.63) is 0 Å². The Labute approximate surface area is 71.8 Å². The minimum Gasteiger partial charge on any atom is -0.480 e. The van der Waals surface area contributed by atoms with E-state index in [0.29, 0.717) is 6.42 Å². The van der Waals surface area contributed by atoms with Crippen molar-refractivity contribution in [2.24, 2.45) is 0 Å². The molecule has 0 fully saturated rings. The maximum atomic E-state index is 10.6. The lowest BCUT2D eigenvalue weighted by Crippen LogP contribution is -2.35. The van der Waals surface area contributed by atoms with Crippen LogP contribution < -0.4 is 0 Å². The van der Waals surface area contributed by atoms with Crippen molar-refractivity contribution < 1.29 is 9.90 Å². The van der Waals surface area contributed by atoms with Gasteiger partial charge in [-0.2, -0.15) is 11.8 Å². The number of likely N-dealkylation sites (N-methyl/N-ethyl adjacent to an activating group) is 1. The van der Waals surface area contributed by atoms with E-state index in [1.54, 1.807) is 30.8 Å². The molecular weight excluding hydrogens is 162 g/mol. The monoisotopic (exact) mass is 177 g/mol. The minimum atomic E-state index is -0.732. The second-order valence-corrected chi connectivity index (χ2v) is 3.58. The maximum absolute atomic E-state index is 10.6. The summed E-state index contributed by atoms with van der Waals surface area (Å²) in [7, 11) is 3.58. The van der Waals surface area contributed by atoms with Crippen LogP contribution in [0.4, 0.5) is 0 Å². The van der Waals surface area contributed by atoms with Gasteiger partial charge in [0, 0.05) is 0 Å². The number of hydrogen-bond donors (Lipinski definition) is 1. The third kappa shape index (κ3) is 4.27. The van der Waals surface area contributed by atoms with Gasteiger partial charge in [0.05, 0.1) is 0 Å². The highest BCUT2D eigenvalue weighted by atomic mass is 32.2. The third-order valence-corrected chi connectivity index (χ3v) is 2.15. The standard InChI is InChI=1S/C7H15NO2S/c1-8(2)6(7(9)10)4-5-11-3/h6H,4-5H2,1-3H3,(H,9,10). The van der Waals surface area contributed by atoms with Crippen molar-refractivity contribution in [2.45, 2.75) is 12.5 Å². The Morgan fingerprint density at radius 2 is 2.18 bits per heavy atom. The van der Waals surface area contributed by atoms with Crippen LogP contribution in [0.15, 0.2) is 0 Å². The van der Waals surface area contributed by atoms with Gasteiger partial charge in [-0.05, 0) is 32.5 Å². The molecule has 0 aromatic rings. The van der Waals surface area contributed by atoms with Gasteiger partial charge in [0.2, 0.25) is 0 Å². The molecule has 1 atom stereocenters. The van der Waals surface area contributed by atoms with Crippen molar-refractivity contribution in [1.82, 2.24) is 4.90 Å². The van der Waals surface area contributed by atoms with Crippen LogP contribution in [0, 0.1) is 0 Å². The number of thioether (sulfide) groups is 1. The van der Waals surface area contributed by atoms with Crippen molar-refractivity contribution in [1.29, 1.82) is 0 Å². The summed E-state index contributed by atoms with van der Waals surface area (Å²) in [6.45, 7) is 0. The predicted octanol–water partition coefficient (Wildman–Crippen LogP) is 0.754. The van der Waals surface area contributed by atoms with E-state index in [2.05, 4.69) is 0 Å². The number of aliphatic carboxylic acids is 1. The van der Waals surface area contributed by atoms with Crippen LogP contribution in [0.5, 0.6) is 0 Å². The number of rotatable bonds is 5. The first-order chi connectivity index (χ1) is 5.09. The van der Waals surface area contributed by atoms with Gasteiger partial charge in [0.15, 0.2) is 0 Å². The fourth-order valence-electron chi connectivity index (χ4n) is 0.832. The maximum Gasteiger partial charge on any atom is 0.320 e. The quantitative estimate of drug-likeness (QED) is 0.673. The molecule has 1 unspecified atom stereocenters. The minimum absolute atomic E-state index is 0.331. The third-order valence-electron chi connectivity index (χ3n) is 1.50. The molecule has 0 aliphatic rings. The molecule has 0 radical (unpaired) electrons. The van der Waals surface area contributed by atoms with Crippen LogP contribution in [-0.2, 0) is 4.79 Å². The van der Waals surface area contributed by atoms with E-state index in [1.807, 2.05) is 6.26 Å². The molecular formula is C7H15NO2S. The Balaban J connectivity index is 3.80. The lowest BCUT2D eigenvalue weighted by molar-refractivity contribution is -0.142. The fourth-order valence-corrected chi connectivity index (χ4v) is 1.29. The lowest BCUT2D eigenvalue weighted by atomic mass is 10.2. The van der Waals surface area contributed by atoms with E-state index in [9.17, 15) is 4.79 Å². The van der Waals surface area contributed by atoms with Crippen LogP contribution in [0.3, 0.4) is 0 Å². The summed E-state index contributed by atoms with van der Waals surface area (Å²) in [5.41, 5.74) is 0. The van der Waals surface area contributed by atoms with Crippen LogP contribution in [-0.4, -0.2) is 48.1 Å². The molecule has 11 heavy (non-hydrogen) atoms. The molecule has 0 bridgehead atoms. The molecule has 0 spiro atoms. The molecule has 0 aromatic heterocycles. The number of nitrogens with zero attached hydrogens (tertiary/aromatic N) is 1. The Kier molecular flexibility index (Phi) is 5.32. The van der Waals surface area contributed by atoms with Gasteiger partial charge in [-0.1, -0.05) is 0 Å². The zero-order chi connectivity index (χ0) is 8.85. The Morgan fingerprint density at radius 1 is 1.64 bits per heavy atom. The molecule has 0 saturated heterocycles. The molecule has 66 valence electrons. The molecule has 0 rings (SSSR count). The van der Waals surface area contributed by atoms with E-state index in [4.69, 9.17) is 5.11 Å². The highest BCUT2D eigenvalue weighted by Crippen LogP contribution is 2.04. The highest BCUT2D eigenvalue weighted by Gasteiger charge is 2.18. The fraction of sp³-hybridized carbons (Fsp3) is 0.857. The van der Waals surface area contributed by atoms with Gasteiger partial charge in [-0.25, -0.2) is 0 Å². The van der Waals surface area contributed by atoms with E-state index >= 15 is 0 Å². The Morgan fingerprint density at radius 3 is 2.45 bits per heavy atom. The van der Waals surface area contributed by atoms with Gasteiger partial charge in [-0.3, -0.25) is 9.69 Å². The second kappa shape index (κ2) is 5.43. The number of carbonyl (C=O) groups is 1. The van der Waals surface area contributed by atoms with Crippen LogP contribution in [0.1, 0.15) is 6.42 Å². The summed E-state index contributed by atoms with van der Waals surface area (Å²) in [5, 5.41) is 8.72. The summed E-state index contributed by atoms with van der Waals surface area (Å²) in [6.07, 6.45) is 2.69. The molecule has 4 heteroatoms. The van der Waals surface area contributed by atoms with E-state index in [-0.39, 0.29) is 6.04 Å². The van der Waals surface area contributed by atoms with E-state index in [1.165, 1.54) is 0 Å². The summed E-state index contributed by atoms with van der Waals surface area (Å²) >= 11 is 1.67. The predicted molar refractivity (Wildman–Crippen MR) is 48.1 cm³/mol. The molecule has 0 saturated carbocycles. The van der Waals surface area contributed by atoms with Crippen molar-refractivity contribution in [3.63, 3.8) is 0 Å². The van der Waals surface area contributed by atoms with Crippen molar-refractivity contribution in [3.8, 4) is 0 Å². The first-order valence-electron chi connectivity index (χ1n) is 3.47. The molecule has 0 amide bonds. The van der Waals surface area contributed by atoms with Crippen LogP contribution in [0.2, 0.25) is 0 Å².